The number of aliphatic imine (C=N–C) groups is 1. The Kier molecular flexibility index (Phi) is 3.73. The van der Waals surface area contributed by atoms with E-state index in [1.165, 1.54) is 11.9 Å². The zero-order chi connectivity index (χ0) is 17.9. The van der Waals surface area contributed by atoms with Gasteiger partial charge < -0.3 is 0 Å². The van der Waals surface area contributed by atoms with E-state index in [0.717, 1.165) is 17.0 Å². The lowest BCUT2D eigenvalue weighted by Crippen LogP contribution is -2.62. The molecule has 1 saturated heterocycles. The zero-order valence-corrected chi connectivity index (χ0v) is 15.3. The molecule has 4 rings (SSSR count). The average molecular weight is 381 g/mol. The molecule has 25 heavy (non-hydrogen) atoms. The molecule has 0 saturated carbocycles. The summed E-state index contributed by atoms with van der Waals surface area (Å²) in [5.74, 6) is 0.938. The predicted molar refractivity (Wildman–Crippen MR) is 94.2 cm³/mol. The highest BCUT2D eigenvalue weighted by molar-refractivity contribution is 6.35. The summed E-state index contributed by atoms with van der Waals surface area (Å²) in [6.45, 7) is 1.96. The van der Waals surface area contributed by atoms with Gasteiger partial charge in [-0.3, -0.25) is 19.2 Å². The SMILES string of the molecule is CN1C(=O)C2C(=NC3=[N+](Cc4ccc(Cl)cc4Cl)CCN32)N(C)C1=O. The molecular weight excluding hydrogens is 365 g/mol. The topological polar surface area (TPSA) is 59.2 Å². The van der Waals surface area contributed by atoms with Crippen LogP contribution in [-0.2, 0) is 11.3 Å². The van der Waals surface area contributed by atoms with Gasteiger partial charge in [0.25, 0.3) is 5.91 Å². The number of amidine groups is 1. The number of rotatable bonds is 2. The van der Waals surface area contributed by atoms with Crippen LogP contribution in [0.2, 0.25) is 10.0 Å². The predicted octanol–water partition coefficient (Wildman–Crippen LogP) is 1.48. The Labute approximate surface area is 154 Å². The van der Waals surface area contributed by atoms with E-state index in [1.807, 2.05) is 11.0 Å². The van der Waals surface area contributed by atoms with Crippen LogP contribution in [0.5, 0.6) is 0 Å². The standard InChI is InChI=1S/C16H16Cl2N5O2/c1-20-13-12(14(24)21(2)16(20)25)23-6-5-22(15(23)19-13)8-9-3-4-10(17)7-11(9)18/h3-4,7,12H,5-6,8H2,1-2H3/q+1. The summed E-state index contributed by atoms with van der Waals surface area (Å²) in [4.78, 5) is 33.8. The van der Waals surface area contributed by atoms with E-state index in [0.29, 0.717) is 34.9 Å². The third-order valence-electron chi connectivity index (χ3n) is 4.78. The number of benzene rings is 1. The van der Waals surface area contributed by atoms with Gasteiger partial charge in [-0.2, -0.15) is 0 Å². The van der Waals surface area contributed by atoms with Crippen molar-refractivity contribution in [1.29, 1.82) is 0 Å². The van der Waals surface area contributed by atoms with Crippen LogP contribution >= 0.6 is 23.2 Å². The molecule has 7 nitrogen and oxygen atoms in total. The summed E-state index contributed by atoms with van der Waals surface area (Å²) in [5.41, 5.74) is 0.934. The van der Waals surface area contributed by atoms with Crippen molar-refractivity contribution in [2.45, 2.75) is 12.6 Å². The van der Waals surface area contributed by atoms with Crippen LogP contribution in [0.25, 0.3) is 0 Å². The fourth-order valence-corrected chi connectivity index (χ4v) is 3.87. The average Bonchev–Trinajstić information content (AvgIpc) is 3.13. The molecule has 9 heteroatoms. The molecule has 1 aromatic rings. The fourth-order valence-electron chi connectivity index (χ4n) is 3.40. The van der Waals surface area contributed by atoms with Gasteiger partial charge in [-0.15, -0.1) is 0 Å². The van der Waals surface area contributed by atoms with E-state index in [2.05, 4.69) is 9.57 Å². The van der Waals surface area contributed by atoms with Gasteiger partial charge in [-0.1, -0.05) is 34.3 Å². The molecule has 0 aromatic heterocycles. The lowest BCUT2D eigenvalue weighted by Gasteiger charge is -2.32. The molecule has 0 N–H and O–H groups in total. The molecule has 0 radical (unpaired) electrons. The Morgan fingerprint density at radius 3 is 2.72 bits per heavy atom. The van der Waals surface area contributed by atoms with Crippen molar-refractivity contribution in [3.05, 3.63) is 33.8 Å². The molecule has 1 aromatic carbocycles. The van der Waals surface area contributed by atoms with Crippen LogP contribution in [0.1, 0.15) is 5.56 Å². The Morgan fingerprint density at radius 2 is 2.00 bits per heavy atom. The molecule has 3 amide bonds. The van der Waals surface area contributed by atoms with Crippen molar-refractivity contribution >= 4 is 46.9 Å². The summed E-state index contributed by atoms with van der Waals surface area (Å²) in [6.07, 6.45) is 0. The largest absolute Gasteiger partial charge is 0.392 e. The van der Waals surface area contributed by atoms with E-state index in [-0.39, 0.29) is 11.9 Å². The first kappa shape index (κ1) is 16.4. The van der Waals surface area contributed by atoms with Crippen LogP contribution in [0.4, 0.5) is 4.79 Å². The summed E-state index contributed by atoms with van der Waals surface area (Å²) >= 11 is 12.2. The highest BCUT2D eigenvalue weighted by atomic mass is 35.5. The monoisotopic (exact) mass is 380 g/mol. The molecular formula is C16H16Cl2N5O2+. The van der Waals surface area contributed by atoms with Crippen LogP contribution in [0.3, 0.4) is 0 Å². The Morgan fingerprint density at radius 1 is 1.24 bits per heavy atom. The maximum Gasteiger partial charge on any atom is 0.392 e. The van der Waals surface area contributed by atoms with Crippen LogP contribution < -0.4 is 0 Å². The third kappa shape index (κ3) is 2.41. The second kappa shape index (κ2) is 5.71. The first-order chi connectivity index (χ1) is 11.9. The number of carbonyl (C=O) groups is 2. The number of fused-ring (bicyclic) bond motifs is 3. The van der Waals surface area contributed by atoms with E-state index < -0.39 is 6.04 Å². The van der Waals surface area contributed by atoms with Gasteiger partial charge in [-0.25, -0.2) is 9.69 Å². The molecule has 1 atom stereocenters. The van der Waals surface area contributed by atoms with Crippen LogP contribution in [0.15, 0.2) is 23.2 Å². The molecule has 130 valence electrons. The minimum absolute atomic E-state index is 0.247. The Balaban J connectivity index is 1.71. The van der Waals surface area contributed by atoms with Gasteiger partial charge in [0.05, 0.1) is 19.6 Å². The minimum atomic E-state index is -0.534. The quantitative estimate of drug-likeness (QED) is 0.730. The number of carbonyl (C=O) groups excluding carboxylic acids is 2. The van der Waals surface area contributed by atoms with Crippen molar-refractivity contribution in [2.24, 2.45) is 4.99 Å². The molecule has 0 bridgehead atoms. The molecule has 1 unspecified atom stereocenters. The highest BCUT2D eigenvalue weighted by Crippen LogP contribution is 2.27. The fraction of sp³-hybridized carbons (Fsp3) is 0.375. The van der Waals surface area contributed by atoms with Crippen LogP contribution in [-0.4, -0.2) is 76.2 Å². The second-order valence-corrected chi connectivity index (χ2v) is 7.11. The number of hydrogen-bond acceptors (Lipinski definition) is 4. The van der Waals surface area contributed by atoms with Crippen LogP contribution in [0, 0.1) is 0 Å². The highest BCUT2D eigenvalue weighted by Gasteiger charge is 2.56. The smallest absolute Gasteiger partial charge is 0.270 e. The number of urea groups is 1. The van der Waals surface area contributed by atoms with Crippen molar-refractivity contribution in [1.82, 2.24) is 14.7 Å². The van der Waals surface area contributed by atoms with Crippen molar-refractivity contribution < 1.29 is 14.2 Å². The molecule has 0 spiro atoms. The molecule has 3 aliphatic heterocycles. The van der Waals surface area contributed by atoms with Gasteiger partial charge in [-0.05, 0) is 12.1 Å². The summed E-state index contributed by atoms with van der Waals surface area (Å²) < 4.78 is 2.06. The number of nitrogens with zero attached hydrogens (tertiary/aromatic N) is 5. The number of imide groups is 1. The van der Waals surface area contributed by atoms with Gasteiger partial charge in [0.15, 0.2) is 0 Å². The maximum atomic E-state index is 12.6. The summed E-state index contributed by atoms with van der Waals surface area (Å²) in [7, 11) is 3.14. The number of guanidine groups is 1. The minimum Gasteiger partial charge on any atom is -0.270 e. The molecule has 3 aliphatic rings. The Bertz CT molecular complexity index is 866. The second-order valence-electron chi connectivity index (χ2n) is 6.26. The van der Waals surface area contributed by atoms with Gasteiger partial charge >= 0.3 is 12.0 Å². The van der Waals surface area contributed by atoms with E-state index in [9.17, 15) is 9.59 Å². The molecule has 0 aliphatic carbocycles. The summed E-state index contributed by atoms with van der Waals surface area (Å²) in [6, 6.07) is 4.49. The zero-order valence-electron chi connectivity index (χ0n) is 13.7. The van der Waals surface area contributed by atoms with Gasteiger partial charge in [0.2, 0.25) is 11.9 Å². The number of halogens is 2. The van der Waals surface area contributed by atoms with Crippen molar-refractivity contribution in [3.63, 3.8) is 0 Å². The van der Waals surface area contributed by atoms with Gasteiger partial charge in [0.1, 0.15) is 0 Å². The lowest BCUT2D eigenvalue weighted by atomic mass is 10.1. The van der Waals surface area contributed by atoms with E-state index >= 15 is 0 Å². The van der Waals surface area contributed by atoms with E-state index in [4.69, 9.17) is 23.2 Å². The molecule has 3 heterocycles. The van der Waals surface area contributed by atoms with E-state index in [1.54, 1.807) is 19.2 Å². The normalized spacial score (nSPS) is 22.6. The lowest BCUT2D eigenvalue weighted by molar-refractivity contribution is -0.535. The first-order valence-electron chi connectivity index (χ1n) is 7.85. The number of hydrogen-bond donors (Lipinski definition) is 0. The number of amides is 3. The van der Waals surface area contributed by atoms with Crippen molar-refractivity contribution in [2.75, 3.05) is 27.2 Å². The third-order valence-corrected chi connectivity index (χ3v) is 5.37. The van der Waals surface area contributed by atoms with Crippen molar-refractivity contribution in [3.8, 4) is 0 Å². The maximum absolute atomic E-state index is 12.6. The Hall–Kier alpha value is -2.12. The van der Waals surface area contributed by atoms with Gasteiger partial charge in [0, 0.05) is 29.7 Å². The first-order valence-corrected chi connectivity index (χ1v) is 8.60. The number of likely N-dealkylation sites (N-methyl/N-ethyl adjacent to an activating group) is 2. The summed E-state index contributed by atoms with van der Waals surface area (Å²) in [5, 5.41) is 1.18. The molecule has 1 fully saturated rings.